The number of amides is 1. The van der Waals surface area contributed by atoms with Crippen molar-refractivity contribution in [2.45, 2.75) is 30.5 Å². The molecule has 1 aromatic carbocycles. The Bertz CT molecular complexity index is 991. The molecule has 138 valence electrons. The largest absolute Gasteiger partial charge is 0.344 e. The van der Waals surface area contributed by atoms with Crippen molar-refractivity contribution >= 4 is 39.2 Å². The van der Waals surface area contributed by atoms with Crippen LogP contribution in [0.1, 0.15) is 18.9 Å². The standard InChI is InChI=1S/C20H20N4OS2/c1-13-5-7-15(8-6-13)16-11-26-18-17(16)19(23-12-22-18)27-14(2)20(25)24(3)10-4-9-21/h5-8,11-12,14H,4,10H2,1-3H3/t14-/m0/s1. The van der Waals surface area contributed by atoms with Crippen LogP contribution in [0.4, 0.5) is 0 Å². The molecule has 0 spiro atoms. The van der Waals surface area contributed by atoms with Gasteiger partial charge < -0.3 is 4.90 Å². The maximum Gasteiger partial charge on any atom is 0.235 e. The molecule has 3 aromatic rings. The zero-order valence-corrected chi connectivity index (χ0v) is 17.1. The van der Waals surface area contributed by atoms with Gasteiger partial charge in [-0.15, -0.1) is 11.3 Å². The number of nitrogens with zero attached hydrogens (tertiary/aromatic N) is 4. The van der Waals surface area contributed by atoms with Crippen LogP contribution >= 0.6 is 23.1 Å². The van der Waals surface area contributed by atoms with E-state index in [-0.39, 0.29) is 11.2 Å². The molecular weight excluding hydrogens is 376 g/mol. The number of fused-ring (bicyclic) bond motifs is 1. The van der Waals surface area contributed by atoms with Gasteiger partial charge in [0.1, 0.15) is 16.2 Å². The van der Waals surface area contributed by atoms with Crippen molar-refractivity contribution in [1.82, 2.24) is 14.9 Å². The first-order valence-electron chi connectivity index (χ1n) is 8.59. The van der Waals surface area contributed by atoms with Gasteiger partial charge in [-0.2, -0.15) is 5.26 Å². The monoisotopic (exact) mass is 396 g/mol. The number of thiophene rings is 1. The summed E-state index contributed by atoms with van der Waals surface area (Å²) in [5.74, 6) is -0.00544. The number of thioether (sulfide) groups is 1. The van der Waals surface area contributed by atoms with Crippen molar-refractivity contribution in [2.24, 2.45) is 0 Å². The number of nitriles is 1. The molecule has 0 saturated heterocycles. The lowest BCUT2D eigenvalue weighted by atomic mass is 10.1. The fraction of sp³-hybridized carbons (Fsp3) is 0.300. The van der Waals surface area contributed by atoms with Gasteiger partial charge in [0, 0.05) is 24.5 Å². The maximum absolute atomic E-state index is 12.6. The molecule has 0 bridgehead atoms. The van der Waals surface area contributed by atoms with Crippen molar-refractivity contribution in [3.8, 4) is 17.2 Å². The lowest BCUT2D eigenvalue weighted by Crippen LogP contribution is -2.33. The summed E-state index contributed by atoms with van der Waals surface area (Å²) in [6.45, 7) is 4.38. The average Bonchev–Trinajstić information content (AvgIpc) is 3.11. The number of carbonyl (C=O) groups is 1. The molecule has 0 N–H and O–H groups in total. The van der Waals surface area contributed by atoms with Crippen molar-refractivity contribution in [3.05, 3.63) is 41.5 Å². The van der Waals surface area contributed by atoms with Gasteiger partial charge in [-0.25, -0.2) is 9.97 Å². The molecule has 1 atom stereocenters. The van der Waals surface area contributed by atoms with E-state index in [4.69, 9.17) is 5.26 Å². The zero-order valence-electron chi connectivity index (χ0n) is 15.5. The Morgan fingerprint density at radius 3 is 2.78 bits per heavy atom. The zero-order chi connectivity index (χ0) is 19.4. The summed E-state index contributed by atoms with van der Waals surface area (Å²) in [4.78, 5) is 24.0. The predicted octanol–water partition coefficient (Wildman–Crippen LogP) is 4.52. The third-order valence-electron chi connectivity index (χ3n) is 4.27. The Morgan fingerprint density at radius 2 is 2.07 bits per heavy atom. The van der Waals surface area contributed by atoms with E-state index in [2.05, 4.69) is 52.6 Å². The van der Waals surface area contributed by atoms with E-state index in [0.29, 0.717) is 13.0 Å². The highest BCUT2D eigenvalue weighted by Gasteiger charge is 2.22. The van der Waals surface area contributed by atoms with Crippen molar-refractivity contribution in [2.75, 3.05) is 13.6 Å². The third-order valence-corrected chi connectivity index (χ3v) is 6.24. The molecule has 0 aliphatic heterocycles. The molecule has 0 saturated carbocycles. The van der Waals surface area contributed by atoms with Crippen LogP contribution < -0.4 is 0 Å². The lowest BCUT2D eigenvalue weighted by Gasteiger charge is -2.20. The first-order valence-corrected chi connectivity index (χ1v) is 10.3. The first-order chi connectivity index (χ1) is 13.0. The summed E-state index contributed by atoms with van der Waals surface area (Å²) in [7, 11) is 1.73. The molecule has 2 heterocycles. The van der Waals surface area contributed by atoms with Gasteiger partial charge in [-0.3, -0.25) is 4.79 Å². The molecule has 1 amide bonds. The summed E-state index contributed by atoms with van der Waals surface area (Å²) in [5, 5.41) is 12.3. The predicted molar refractivity (Wildman–Crippen MR) is 111 cm³/mol. The lowest BCUT2D eigenvalue weighted by molar-refractivity contribution is -0.128. The molecule has 3 rings (SSSR count). The van der Waals surface area contributed by atoms with Crippen LogP contribution in [0.5, 0.6) is 0 Å². The van der Waals surface area contributed by atoms with E-state index in [1.54, 1.807) is 29.6 Å². The Balaban J connectivity index is 1.91. The van der Waals surface area contributed by atoms with E-state index in [9.17, 15) is 4.79 Å². The number of aryl methyl sites for hydroxylation is 1. The molecule has 0 radical (unpaired) electrons. The summed E-state index contributed by atoms with van der Waals surface area (Å²) < 4.78 is 0. The molecule has 5 nitrogen and oxygen atoms in total. The molecule has 0 aliphatic carbocycles. The molecule has 2 aromatic heterocycles. The van der Waals surface area contributed by atoms with Crippen LogP contribution in [-0.4, -0.2) is 39.6 Å². The minimum absolute atomic E-state index is 0.00544. The van der Waals surface area contributed by atoms with Crippen LogP contribution in [0, 0.1) is 18.3 Å². The fourth-order valence-corrected chi connectivity index (χ4v) is 4.77. The van der Waals surface area contributed by atoms with E-state index < -0.39 is 0 Å². The highest BCUT2D eigenvalue weighted by molar-refractivity contribution is 8.00. The third kappa shape index (κ3) is 4.29. The molecule has 27 heavy (non-hydrogen) atoms. The van der Waals surface area contributed by atoms with E-state index >= 15 is 0 Å². The van der Waals surface area contributed by atoms with Gasteiger partial charge in [0.2, 0.25) is 5.91 Å². The normalized spacial score (nSPS) is 11.9. The number of hydrogen-bond donors (Lipinski definition) is 0. The van der Waals surface area contributed by atoms with Crippen LogP contribution in [0.15, 0.2) is 41.0 Å². The highest BCUT2D eigenvalue weighted by atomic mass is 32.2. The van der Waals surface area contributed by atoms with Crippen LogP contribution in [0.3, 0.4) is 0 Å². The van der Waals surface area contributed by atoms with Gasteiger partial charge in [-0.1, -0.05) is 41.6 Å². The Morgan fingerprint density at radius 1 is 1.33 bits per heavy atom. The fourth-order valence-electron chi connectivity index (χ4n) is 2.74. The first kappa shape index (κ1) is 19.3. The minimum Gasteiger partial charge on any atom is -0.344 e. The van der Waals surface area contributed by atoms with Crippen LogP contribution in [0.25, 0.3) is 21.3 Å². The Kier molecular flexibility index (Phi) is 6.09. The summed E-state index contributed by atoms with van der Waals surface area (Å²) in [6.07, 6.45) is 1.89. The summed E-state index contributed by atoms with van der Waals surface area (Å²) >= 11 is 3.03. The maximum atomic E-state index is 12.6. The van der Waals surface area contributed by atoms with Gasteiger partial charge in [0.05, 0.1) is 23.1 Å². The Hall–Kier alpha value is -2.43. The van der Waals surface area contributed by atoms with Crippen molar-refractivity contribution in [1.29, 1.82) is 5.26 Å². The molecule has 7 heteroatoms. The van der Waals surface area contributed by atoms with Gasteiger partial charge in [0.15, 0.2) is 0 Å². The van der Waals surface area contributed by atoms with Gasteiger partial charge >= 0.3 is 0 Å². The van der Waals surface area contributed by atoms with Gasteiger partial charge in [-0.05, 0) is 19.4 Å². The second-order valence-electron chi connectivity index (χ2n) is 6.30. The summed E-state index contributed by atoms with van der Waals surface area (Å²) in [6, 6.07) is 10.4. The quantitative estimate of drug-likeness (QED) is 0.453. The van der Waals surface area contributed by atoms with E-state index in [1.807, 2.05) is 6.92 Å². The molecular formula is C20H20N4OS2. The molecule has 0 aliphatic rings. The number of rotatable bonds is 6. The highest BCUT2D eigenvalue weighted by Crippen LogP contribution is 2.39. The second-order valence-corrected chi connectivity index (χ2v) is 8.49. The smallest absolute Gasteiger partial charge is 0.235 e. The van der Waals surface area contributed by atoms with E-state index in [1.165, 1.54) is 17.3 Å². The van der Waals surface area contributed by atoms with Crippen molar-refractivity contribution < 1.29 is 4.79 Å². The number of aromatic nitrogens is 2. The molecule has 0 unspecified atom stereocenters. The second kappa shape index (κ2) is 8.51. The minimum atomic E-state index is -0.294. The summed E-state index contributed by atoms with van der Waals surface area (Å²) in [5.41, 5.74) is 3.42. The number of carbonyl (C=O) groups excluding carboxylic acids is 1. The number of hydrogen-bond acceptors (Lipinski definition) is 6. The van der Waals surface area contributed by atoms with Crippen LogP contribution in [-0.2, 0) is 4.79 Å². The molecule has 0 fully saturated rings. The Labute approximate surface area is 167 Å². The average molecular weight is 397 g/mol. The van der Waals surface area contributed by atoms with Crippen LogP contribution in [0.2, 0.25) is 0 Å². The SMILES string of the molecule is Cc1ccc(-c2csc3ncnc(S[C@@H](C)C(=O)N(C)CCC#N)c23)cc1. The number of benzene rings is 1. The van der Waals surface area contributed by atoms with Gasteiger partial charge in [0.25, 0.3) is 0 Å². The topological polar surface area (TPSA) is 69.9 Å². The van der Waals surface area contributed by atoms with E-state index in [0.717, 1.165) is 26.4 Å². The van der Waals surface area contributed by atoms with Crippen molar-refractivity contribution in [3.63, 3.8) is 0 Å².